The molecule has 5 heteroatoms. The first-order valence-electron chi connectivity index (χ1n) is 5.00. The average Bonchev–Trinajstić information content (AvgIpc) is 3.10. The van der Waals surface area contributed by atoms with E-state index in [4.69, 9.17) is 5.84 Å². The van der Waals surface area contributed by atoms with E-state index < -0.39 is 0 Å². The molecule has 0 unspecified atom stereocenters. The molecule has 0 aromatic carbocycles. The van der Waals surface area contributed by atoms with E-state index in [9.17, 15) is 4.79 Å². The number of hydrogen-bond donors (Lipinski definition) is 3. The van der Waals surface area contributed by atoms with Gasteiger partial charge in [-0.3, -0.25) is 4.79 Å². The van der Waals surface area contributed by atoms with Crippen LogP contribution < -0.4 is 16.6 Å². The third-order valence-electron chi connectivity index (χ3n) is 2.42. The highest BCUT2D eigenvalue weighted by atomic mass is 16.1. The molecule has 1 aromatic heterocycles. The van der Waals surface area contributed by atoms with Crippen molar-refractivity contribution >= 4 is 11.7 Å². The Morgan fingerprint density at radius 1 is 1.53 bits per heavy atom. The van der Waals surface area contributed by atoms with Gasteiger partial charge in [-0.2, -0.15) is 0 Å². The zero-order chi connectivity index (χ0) is 10.7. The standard InChI is InChI=1S/C10H14N4O/c11-14-9-4-3-8(6-12-9)10(15)13-5-7-1-2-7/h3-4,6-7H,1-2,5,11H2,(H,12,14)(H,13,15). The molecule has 2 rings (SSSR count). The van der Waals surface area contributed by atoms with Crippen LogP contribution in [0.4, 0.5) is 5.82 Å². The van der Waals surface area contributed by atoms with Crippen LogP contribution in [0.15, 0.2) is 18.3 Å². The minimum Gasteiger partial charge on any atom is -0.352 e. The second kappa shape index (κ2) is 4.27. The summed E-state index contributed by atoms with van der Waals surface area (Å²) in [6.45, 7) is 0.774. The molecular formula is C10H14N4O. The van der Waals surface area contributed by atoms with E-state index in [1.165, 1.54) is 19.0 Å². The Hall–Kier alpha value is -1.62. The van der Waals surface area contributed by atoms with Gasteiger partial charge in [0.1, 0.15) is 5.82 Å². The molecule has 1 aromatic rings. The van der Waals surface area contributed by atoms with E-state index >= 15 is 0 Å². The number of carbonyl (C=O) groups excluding carboxylic acids is 1. The summed E-state index contributed by atoms with van der Waals surface area (Å²) in [6.07, 6.45) is 3.97. The zero-order valence-electron chi connectivity index (χ0n) is 8.36. The fourth-order valence-electron chi connectivity index (χ4n) is 1.27. The van der Waals surface area contributed by atoms with Crippen molar-refractivity contribution in [3.8, 4) is 0 Å². The van der Waals surface area contributed by atoms with Gasteiger partial charge in [0.25, 0.3) is 5.91 Å². The van der Waals surface area contributed by atoms with Crippen LogP contribution in [0, 0.1) is 5.92 Å². The molecule has 0 radical (unpaired) electrons. The molecule has 0 bridgehead atoms. The van der Waals surface area contributed by atoms with Crippen molar-refractivity contribution in [1.29, 1.82) is 0 Å². The molecule has 15 heavy (non-hydrogen) atoms. The van der Waals surface area contributed by atoms with Crippen LogP contribution in [0.1, 0.15) is 23.2 Å². The maximum Gasteiger partial charge on any atom is 0.252 e. The van der Waals surface area contributed by atoms with Crippen molar-refractivity contribution in [3.05, 3.63) is 23.9 Å². The van der Waals surface area contributed by atoms with Crippen molar-refractivity contribution in [2.45, 2.75) is 12.8 Å². The van der Waals surface area contributed by atoms with Gasteiger partial charge in [-0.25, -0.2) is 10.8 Å². The lowest BCUT2D eigenvalue weighted by Gasteiger charge is -2.04. The number of hydrazine groups is 1. The van der Waals surface area contributed by atoms with E-state index in [2.05, 4.69) is 15.7 Å². The highest BCUT2D eigenvalue weighted by molar-refractivity contribution is 5.94. The molecule has 4 N–H and O–H groups in total. The Labute approximate surface area is 88.0 Å². The molecule has 1 aliphatic rings. The fraction of sp³-hybridized carbons (Fsp3) is 0.400. The summed E-state index contributed by atoms with van der Waals surface area (Å²) in [5, 5.41) is 2.87. The Bertz CT molecular complexity index is 345. The number of nitrogens with one attached hydrogen (secondary N) is 2. The first-order chi connectivity index (χ1) is 7.29. The number of anilines is 1. The van der Waals surface area contributed by atoms with Gasteiger partial charge in [0.2, 0.25) is 0 Å². The average molecular weight is 206 g/mol. The molecule has 5 nitrogen and oxygen atoms in total. The van der Waals surface area contributed by atoms with E-state index in [-0.39, 0.29) is 5.91 Å². The lowest BCUT2D eigenvalue weighted by atomic mass is 10.2. The van der Waals surface area contributed by atoms with Crippen molar-refractivity contribution < 1.29 is 4.79 Å². The number of pyridine rings is 1. The summed E-state index contributed by atoms with van der Waals surface area (Å²) in [5.74, 6) is 6.33. The summed E-state index contributed by atoms with van der Waals surface area (Å²) in [6, 6.07) is 3.37. The SMILES string of the molecule is NNc1ccc(C(=O)NCC2CC2)cn1. The number of aromatic nitrogens is 1. The topological polar surface area (TPSA) is 80.0 Å². The maximum absolute atomic E-state index is 11.6. The van der Waals surface area contributed by atoms with E-state index in [1.54, 1.807) is 12.1 Å². The lowest BCUT2D eigenvalue weighted by Crippen LogP contribution is -2.25. The Morgan fingerprint density at radius 3 is 2.87 bits per heavy atom. The Morgan fingerprint density at radius 2 is 2.33 bits per heavy atom. The van der Waals surface area contributed by atoms with Crippen LogP contribution in [-0.2, 0) is 0 Å². The summed E-state index contributed by atoms with van der Waals surface area (Å²) < 4.78 is 0. The Balaban J connectivity index is 1.91. The number of nitrogens with zero attached hydrogens (tertiary/aromatic N) is 1. The highest BCUT2D eigenvalue weighted by Gasteiger charge is 2.21. The molecule has 1 saturated carbocycles. The quantitative estimate of drug-likeness (QED) is 0.495. The molecule has 0 saturated heterocycles. The van der Waals surface area contributed by atoms with Crippen molar-refractivity contribution in [2.75, 3.05) is 12.0 Å². The molecule has 1 fully saturated rings. The number of amides is 1. The summed E-state index contributed by atoms with van der Waals surface area (Å²) >= 11 is 0. The number of carbonyl (C=O) groups is 1. The predicted octanol–water partition coefficient (Wildman–Crippen LogP) is 0.507. The normalized spacial score (nSPS) is 14.7. The third-order valence-corrected chi connectivity index (χ3v) is 2.42. The summed E-state index contributed by atoms with van der Waals surface area (Å²) in [4.78, 5) is 15.5. The van der Waals surface area contributed by atoms with Crippen molar-refractivity contribution in [3.63, 3.8) is 0 Å². The van der Waals surface area contributed by atoms with Gasteiger partial charge in [0.05, 0.1) is 5.56 Å². The Kier molecular flexibility index (Phi) is 2.82. The van der Waals surface area contributed by atoms with Crippen molar-refractivity contribution in [2.24, 2.45) is 11.8 Å². The molecular weight excluding hydrogens is 192 g/mol. The highest BCUT2D eigenvalue weighted by Crippen LogP contribution is 2.27. The van der Waals surface area contributed by atoms with Crippen LogP contribution in [-0.4, -0.2) is 17.4 Å². The minimum absolute atomic E-state index is 0.0713. The minimum atomic E-state index is -0.0713. The van der Waals surface area contributed by atoms with Crippen LogP contribution in [0.5, 0.6) is 0 Å². The van der Waals surface area contributed by atoms with Gasteiger partial charge in [-0.15, -0.1) is 0 Å². The molecule has 1 aliphatic carbocycles. The first-order valence-corrected chi connectivity index (χ1v) is 5.00. The van der Waals surface area contributed by atoms with Crippen LogP contribution in [0.3, 0.4) is 0 Å². The smallest absolute Gasteiger partial charge is 0.252 e. The summed E-state index contributed by atoms with van der Waals surface area (Å²) in [7, 11) is 0. The molecule has 0 spiro atoms. The van der Waals surface area contributed by atoms with Crippen LogP contribution in [0.25, 0.3) is 0 Å². The number of nitrogen functional groups attached to an aromatic ring is 1. The molecule has 0 atom stereocenters. The van der Waals surface area contributed by atoms with Gasteiger partial charge in [-0.05, 0) is 30.9 Å². The monoisotopic (exact) mass is 206 g/mol. The van der Waals surface area contributed by atoms with Crippen LogP contribution in [0.2, 0.25) is 0 Å². The molecule has 1 amide bonds. The number of nitrogens with two attached hydrogens (primary N) is 1. The molecule has 1 heterocycles. The largest absolute Gasteiger partial charge is 0.352 e. The van der Waals surface area contributed by atoms with Gasteiger partial charge < -0.3 is 10.7 Å². The fourth-order valence-corrected chi connectivity index (χ4v) is 1.27. The van der Waals surface area contributed by atoms with Gasteiger partial charge in [0, 0.05) is 12.7 Å². The lowest BCUT2D eigenvalue weighted by molar-refractivity contribution is 0.0951. The van der Waals surface area contributed by atoms with Gasteiger partial charge >= 0.3 is 0 Å². The van der Waals surface area contributed by atoms with Crippen LogP contribution >= 0.6 is 0 Å². The first kappa shape index (κ1) is 9.92. The van der Waals surface area contributed by atoms with E-state index in [1.807, 2.05) is 0 Å². The third kappa shape index (κ3) is 2.66. The van der Waals surface area contributed by atoms with E-state index in [0.717, 1.165) is 6.54 Å². The molecule has 80 valence electrons. The second-order valence-corrected chi connectivity index (χ2v) is 3.73. The van der Waals surface area contributed by atoms with Gasteiger partial charge in [-0.1, -0.05) is 0 Å². The number of rotatable bonds is 4. The van der Waals surface area contributed by atoms with E-state index in [0.29, 0.717) is 17.3 Å². The molecule has 0 aliphatic heterocycles. The second-order valence-electron chi connectivity index (χ2n) is 3.73. The summed E-state index contributed by atoms with van der Waals surface area (Å²) in [5.41, 5.74) is 2.97. The maximum atomic E-state index is 11.6. The zero-order valence-corrected chi connectivity index (χ0v) is 8.36. The van der Waals surface area contributed by atoms with Gasteiger partial charge in [0.15, 0.2) is 0 Å². The predicted molar refractivity (Wildman–Crippen MR) is 57.1 cm³/mol. The van der Waals surface area contributed by atoms with Crippen molar-refractivity contribution in [1.82, 2.24) is 10.3 Å². The number of hydrogen-bond acceptors (Lipinski definition) is 4.